The van der Waals surface area contributed by atoms with Crippen molar-refractivity contribution in [2.24, 2.45) is 5.92 Å². The van der Waals surface area contributed by atoms with Crippen molar-refractivity contribution in [1.82, 2.24) is 15.5 Å². The Morgan fingerprint density at radius 1 is 1.22 bits per heavy atom. The number of urea groups is 1. The zero-order valence-corrected chi connectivity index (χ0v) is 16.4. The fourth-order valence-electron chi connectivity index (χ4n) is 4.17. The number of amides is 4. The highest BCUT2D eigenvalue weighted by Crippen LogP contribution is 2.32. The maximum Gasteiger partial charge on any atom is 0.325 e. The van der Waals surface area contributed by atoms with Crippen LogP contribution in [0, 0.1) is 12.8 Å². The lowest BCUT2D eigenvalue weighted by Crippen LogP contribution is -2.48. The van der Waals surface area contributed by atoms with Crippen LogP contribution in [-0.2, 0) is 15.1 Å². The smallest absolute Gasteiger partial charge is 0.325 e. The molecule has 6 nitrogen and oxygen atoms in total. The topological polar surface area (TPSA) is 78.5 Å². The molecule has 27 heavy (non-hydrogen) atoms. The molecule has 1 aliphatic heterocycles. The van der Waals surface area contributed by atoms with Crippen LogP contribution >= 0.6 is 0 Å². The summed E-state index contributed by atoms with van der Waals surface area (Å²) in [6.07, 6.45) is 4.77. The average molecular weight is 371 g/mol. The maximum atomic E-state index is 13.1. The number of carbonyl (C=O) groups excluding carboxylic acids is 3. The Labute approximate surface area is 160 Å². The predicted octanol–water partition coefficient (Wildman–Crippen LogP) is 2.85. The predicted molar refractivity (Wildman–Crippen MR) is 103 cm³/mol. The SMILES string of the molecule is CC[C@]1(c2ccc(C)cc2)NC(=O)N(CC(=O)N[C@H]2CCCC[C@H]2C)C1=O. The summed E-state index contributed by atoms with van der Waals surface area (Å²) < 4.78 is 0. The van der Waals surface area contributed by atoms with Crippen molar-refractivity contribution in [3.8, 4) is 0 Å². The van der Waals surface area contributed by atoms with E-state index in [4.69, 9.17) is 0 Å². The molecular formula is C21H29N3O3. The summed E-state index contributed by atoms with van der Waals surface area (Å²) in [5.41, 5.74) is 0.737. The third-order valence-electron chi connectivity index (χ3n) is 6.01. The van der Waals surface area contributed by atoms with Crippen LogP contribution in [-0.4, -0.2) is 35.3 Å². The molecule has 1 aliphatic carbocycles. The molecule has 1 saturated carbocycles. The van der Waals surface area contributed by atoms with Crippen molar-refractivity contribution in [2.45, 2.75) is 64.5 Å². The van der Waals surface area contributed by atoms with Gasteiger partial charge in [0.2, 0.25) is 5.91 Å². The summed E-state index contributed by atoms with van der Waals surface area (Å²) in [6, 6.07) is 7.20. The molecule has 146 valence electrons. The second kappa shape index (κ2) is 7.71. The van der Waals surface area contributed by atoms with Gasteiger partial charge in [-0.3, -0.25) is 14.5 Å². The highest BCUT2D eigenvalue weighted by Gasteiger charge is 2.51. The number of imide groups is 1. The van der Waals surface area contributed by atoms with Crippen LogP contribution in [0.25, 0.3) is 0 Å². The molecule has 6 heteroatoms. The standard InChI is InChI=1S/C21H29N3O3/c1-4-21(16-11-9-14(2)10-12-16)19(26)24(20(27)23-21)13-18(25)22-17-8-6-5-7-15(17)3/h9-12,15,17H,4-8,13H2,1-3H3,(H,22,25)(H,23,27)/t15-,17+,21-/m1/s1. The van der Waals surface area contributed by atoms with E-state index in [1.807, 2.05) is 38.1 Å². The van der Waals surface area contributed by atoms with Crippen molar-refractivity contribution in [3.05, 3.63) is 35.4 Å². The zero-order valence-electron chi connectivity index (χ0n) is 16.4. The van der Waals surface area contributed by atoms with Crippen molar-refractivity contribution in [1.29, 1.82) is 0 Å². The molecule has 1 aromatic carbocycles. The maximum absolute atomic E-state index is 13.1. The number of nitrogens with one attached hydrogen (secondary N) is 2. The molecular weight excluding hydrogens is 342 g/mol. The van der Waals surface area contributed by atoms with Crippen molar-refractivity contribution in [2.75, 3.05) is 6.54 Å². The van der Waals surface area contributed by atoms with Gasteiger partial charge in [-0.2, -0.15) is 0 Å². The van der Waals surface area contributed by atoms with E-state index >= 15 is 0 Å². The van der Waals surface area contributed by atoms with Crippen LogP contribution < -0.4 is 10.6 Å². The van der Waals surface area contributed by atoms with E-state index in [0.717, 1.165) is 35.3 Å². The van der Waals surface area contributed by atoms with E-state index in [9.17, 15) is 14.4 Å². The van der Waals surface area contributed by atoms with Crippen LogP contribution in [0.3, 0.4) is 0 Å². The Hall–Kier alpha value is -2.37. The van der Waals surface area contributed by atoms with E-state index < -0.39 is 11.6 Å². The minimum absolute atomic E-state index is 0.125. The van der Waals surface area contributed by atoms with Gasteiger partial charge in [0.15, 0.2) is 0 Å². The highest BCUT2D eigenvalue weighted by molar-refractivity contribution is 6.09. The molecule has 0 bridgehead atoms. The molecule has 3 rings (SSSR count). The molecule has 4 amide bonds. The Balaban J connectivity index is 1.73. The van der Waals surface area contributed by atoms with E-state index in [0.29, 0.717) is 12.3 Å². The number of rotatable bonds is 5. The van der Waals surface area contributed by atoms with E-state index in [1.54, 1.807) is 0 Å². The summed E-state index contributed by atoms with van der Waals surface area (Å²) in [7, 11) is 0. The van der Waals surface area contributed by atoms with Gasteiger partial charge in [-0.05, 0) is 37.7 Å². The number of nitrogens with zero attached hydrogens (tertiary/aromatic N) is 1. The fourth-order valence-corrected chi connectivity index (χ4v) is 4.17. The largest absolute Gasteiger partial charge is 0.352 e. The first-order valence-corrected chi connectivity index (χ1v) is 9.88. The van der Waals surface area contributed by atoms with Gasteiger partial charge >= 0.3 is 6.03 Å². The third kappa shape index (κ3) is 3.70. The van der Waals surface area contributed by atoms with Gasteiger partial charge in [0.25, 0.3) is 5.91 Å². The Kier molecular flexibility index (Phi) is 5.53. The van der Waals surface area contributed by atoms with Crippen LogP contribution in [0.5, 0.6) is 0 Å². The van der Waals surface area contributed by atoms with E-state index in [1.165, 1.54) is 6.42 Å². The summed E-state index contributed by atoms with van der Waals surface area (Å²) >= 11 is 0. The minimum Gasteiger partial charge on any atom is -0.352 e. The summed E-state index contributed by atoms with van der Waals surface area (Å²) in [4.78, 5) is 39.2. The van der Waals surface area contributed by atoms with E-state index in [-0.39, 0.29) is 24.4 Å². The summed E-state index contributed by atoms with van der Waals surface area (Å²) in [6.45, 7) is 5.74. The monoisotopic (exact) mass is 371 g/mol. The first-order chi connectivity index (χ1) is 12.9. The van der Waals surface area contributed by atoms with Gasteiger partial charge in [-0.25, -0.2) is 4.79 Å². The summed E-state index contributed by atoms with van der Waals surface area (Å²) in [5.74, 6) is -0.202. The molecule has 1 heterocycles. The molecule has 0 unspecified atom stereocenters. The molecule has 0 aromatic heterocycles. The lowest BCUT2D eigenvalue weighted by molar-refractivity contribution is -0.135. The van der Waals surface area contributed by atoms with Gasteiger partial charge in [-0.1, -0.05) is 56.5 Å². The molecule has 3 atom stereocenters. The van der Waals surface area contributed by atoms with Crippen molar-refractivity contribution in [3.63, 3.8) is 0 Å². The molecule has 2 N–H and O–H groups in total. The first-order valence-electron chi connectivity index (χ1n) is 9.88. The second-order valence-corrected chi connectivity index (χ2v) is 7.88. The molecule has 1 saturated heterocycles. The Bertz CT molecular complexity index is 731. The number of hydrogen-bond donors (Lipinski definition) is 2. The number of hydrogen-bond acceptors (Lipinski definition) is 3. The molecule has 2 fully saturated rings. The number of benzene rings is 1. The van der Waals surface area contributed by atoms with Crippen molar-refractivity contribution >= 4 is 17.8 Å². The fraction of sp³-hybridized carbons (Fsp3) is 0.571. The van der Waals surface area contributed by atoms with E-state index in [2.05, 4.69) is 17.6 Å². The average Bonchev–Trinajstić information content (AvgIpc) is 2.89. The molecule has 0 radical (unpaired) electrons. The van der Waals surface area contributed by atoms with Crippen LogP contribution in [0.1, 0.15) is 57.1 Å². The Morgan fingerprint density at radius 2 is 1.89 bits per heavy atom. The molecule has 2 aliphatic rings. The highest BCUT2D eigenvalue weighted by atomic mass is 16.2. The Morgan fingerprint density at radius 3 is 2.52 bits per heavy atom. The lowest BCUT2D eigenvalue weighted by atomic mass is 9.86. The second-order valence-electron chi connectivity index (χ2n) is 7.88. The normalized spacial score (nSPS) is 28.2. The minimum atomic E-state index is -1.09. The third-order valence-corrected chi connectivity index (χ3v) is 6.01. The molecule has 0 spiro atoms. The van der Waals surface area contributed by atoms with Crippen LogP contribution in [0.2, 0.25) is 0 Å². The van der Waals surface area contributed by atoms with Crippen LogP contribution in [0.15, 0.2) is 24.3 Å². The summed E-state index contributed by atoms with van der Waals surface area (Å²) in [5, 5.41) is 5.84. The van der Waals surface area contributed by atoms with Gasteiger partial charge in [-0.15, -0.1) is 0 Å². The quantitative estimate of drug-likeness (QED) is 0.781. The number of aryl methyl sites for hydroxylation is 1. The lowest BCUT2D eigenvalue weighted by Gasteiger charge is -2.30. The zero-order chi connectivity index (χ0) is 19.6. The van der Waals surface area contributed by atoms with Crippen LogP contribution in [0.4, 0.5) is 4.79 Å². The first kappa shape index (κ1) is 19.4. The number of carbonyl (C=O) groups is 3. The van der Waals surface area contributed by atoms with Gasteiger partial charge in [0, 0.05) is 6.04 Å². The van der Waals surface area contributed by atoms with Gasteiger partial charge < -0.3 is 10.6 Å². The van der Waals surface area contributed by atoms with Gasteiger partial charge in [0.1, 0.15) is 12.1 Å². The molecule has 1 aromatic rings. The van der Waals surface area contributed by atoms with Crippen molar-refractivity contribution < 1.29 is 14.4 Å². The van der Waals surface area contributed by atoms with Gasteiger partial charge in [0.05, 0.1) is 0 Å².